The number of amides is 2. The molecule has 0 aliphatic heterocycles. The summed E-state index contributed by atoms with van der Waals surface area (Å²) in [6, 6.07) is 9.88. The third-order valence-electron chi connectivity index (χ3n) is 7.94. The van der Waals surface area contributed by atoms with Gasteiger partial charge in [0.05, 0.1) is 28.8 Å². The number of hydrogen-bond donors (Lipinski definition) is 2. The third-order valence-corrected chi connectivity index (χ3v) is 7.94. The van der Waals surface area contributed by atoms with E-state index in [4.69, 9.17) is 10.8 Å². The van der Waals surface area contributed by atoms with Crippen molar-refractivity contribution in [3.8, 4) is 5.69 Å². The average molecular weight is 445 g/mol. The molecule has 2 aromatic heterocycles. The summed E-state index contributed by atoms with van der Waals surface area (Å²) in [4.78, 5) is 25.5. The minimum atomic E-state index is -0.633. The summed E-state index contributed by atoms with van der Waals surface area (Å²) in [5, 5.41) is 12.0. The van der Waals surface area contributed by atoms with Crippen LogP contribution in [0.5, 0.6) is 0 Å². The third kappa shape index (κ3) is 3.27. The lowest BCUT2D eigenvalue weighted by atomic mass is 9.48. The van der Waals surface area contributed by atoms with Gasteiger partial charge in [-0.3, -0.25) is 14.3 Å². The van der Waals surface area contributed by atoms with Crippen molar-refractivity contribution >= 4 is 17.5 Å². The van der Waals surface area contributed by atoms with Gasteiger partial charge < -0.3 is 11.1 Å². The standard InChI is InChI=1S/C25H28N6O2/c1-30-21(23(26)32)20(13-27-30)28-24(33)19-14-31(18-5-3-2-4-6-18)29-22(19)25-10-15-7-16(11-25)9-17(8-15)12-25/h2-6,13-17H,7-12H2,1H3,(H2,26,32)(H,28,33). The van der Waals surface area contributed by atoms with Crippen molar-refractivity contribution < 1.29 is 9.59 Å². The van der Waals surface area contributed by atoms with E-state index in [0.29, 0.717) is 11.3 Å². The Kier molecular flexibility index (Phi) is 4.47. The first-order chi connectivity index (χ1) is 15.9. The van der Waals surface area contributed by atoms with Gasteiger partial charge in [-0.05, 0) is 68.4 Å². The van der Waals surface area contributed by atoms with Gasteiger partial charge in [0.15, 0.2) is 0 Å². The molecule has 170 valence electrons. The van der Waals surface area contributed by atoms with Crippen LogP contribution in [0.3, 0.4) is 0 Å². The molecule has 7 rings (SSSR count). The molecule has 33 heavy (non-hydrogen) atoms. The number of carbonyl (C=O) groups is 2. The molecule has 3 N–H and O–H groups in total. The van der Waals surface area contributed by atoms with Crippen molar-refractivity contribution in [2.75, 3.05) is 5.32 Å². The Morgan fingerprint density at radius 2 is 1.70 bits per heavy atom. The molecule has 8 heteroatoms. The van der Waals surface area contributed by atoms with E-state index in [9.17, 15) is 9.59 Å². The Balaban J connectivity index is 1.43. The molecule has 4 aliphatic rings. The molecule has 0 radical (unpaired) electrons. The molecule has 4 fully saturated rings. The zero-order valence-electron chi connectivity index (χ0n) is 18.7. The summed E-state index contributed by atoms with van der Waals surface area (Å²) >= 11 is 0. The minimum Gasteiger partial charge on any atom is -0.364 e. The molecule has 0 spiro atoms. The van der Waals surface area contributed by atoms with Gasteiger partial charge in [-0.15, -0.1) is 0 Å². The average Bonchev–Trinajstić information content (AvgIpc) is 3.38. The van der Waals surface area contributed by atoms with E-state index in [1.165, 1.54) is 30.1 Å². The highest BCUT2D eigenvalue weighted by atomic mass is 16.2. The number of nitrogens with one attached hydrogen (secondary N) is 1. The molecule has 0 saturated heterocycles. The number of primary amides is 1. The molecule has 4 saturated carbocycles. The van der Waals surface area contributed by atoms with Gasteiger partial charge >= 0.3 is 0 Å². The fourth-order valence-electron chi connectivity index (χ4n) is 7.06. The SMILES string of the molecule is Cn1ncc(NC(=O)c2cn(-c3ccccc3)nc2C23CC4CC(CC(C4)C2)C3)c1C(N)=O. The Labute approximate surface area is 192 Å². The quantitative estimate of drug-likeness (QED) is 0.628. The number of aromatic nitrogens is 4. The van der Waals surface area contributed by atoms with E-state index < -0.39 is 5.91 Å². The maximum Gasteiger partial charge on any atom is 0.269 e. The largest absolute Gasteiger partial charge is 0.364 e. The Morgan fingerprint density at radius 3 is 2.30 bits per heavy atom. The molecular weight excluding hydrogens is 416 g/mol. The molecule has 8 nitrogen and oxygen atoms in total. The first-order valence-corrected chi connectivity index (χ1v) is 11.7. The number of carbonyl (C=O) groups excluding carboxylic acids is 2. The zero-order valence-corrected chi connectivity index (χ0v) is 18.7. The molecule has 2 heterocycles. The van der Waals surface area contributed by atoms with Gasteiger partial charge in [-0.1, -0.05) is 18.2 Å². The second-order valence-corrected chi connectivity index (χ2v) is 10.2. The Hall–Kier alpha value is -3.42. The molecule has 3 aromatic rings. The van der Waals surface area contributed by atoms with Gasteiger partial charge in [-0.2, -0.15) is 10.2 Å². The number of hydrogen-bond acceptors (Lipinski definition) is 4. The van der Waals surface area contributed by atoms with Crippen molar-refractivity contribution in [2.45, 2.75) is 43.9 Å². The predicted octanol–water partition coefficient (Wildman–Crippen LogP) is 3.42. The zero-order chi connectivity index (χ0) is 22.7. The van der Waals surface area contributed by atoms with Crippen LogP contribution < -0.4 is 11.1 Å². The highest BCUT2D eigenvalue weighted by Gasteiger charge is 2.54. The molecule has 0 atom stereocenters. The molecule has 2 amide bonds. The van der Waals surface area contributed by atoms with Gasteiger partial charge in [0.1, 0.15) is 5.69 Å². The summed E-state index contributed by atoms with van der Waals surface area (Å²) in [6.07, 6.45) is 10.6. The van der Waals surface area contributed by atoms with E-state index in [1.54, 1.807) is 7.05 Å². The fourth-order valence-corrected chi connectivity index (χ4v) is 7.06. The predicted molar refractivity (Wildman–Crippen MR) is 123 cm³/mol. The first-order valence-electron chi connectivity index (χ1n) is 11.7. The summed E-state index contributed by atoms with van der Waals surface area (Å²) in [6.45, 7) is 0. The Bertz CT molecular complexity index is 1210. The van der Waals surface area contributed by atoms with Crippen LogP contribution in [0.2, 0.25) is 0 Å². The van der Waals surface area contributed by atoms with Gasteiger partial charge in [0.2, 0.25) is 0 Å². The number of para-hydroxylation sites is 1. The van der Waals surface area contributed by atoms with Crippen LogP contribution in [-0.2, 0) is 12.5 Å². The topological polar surface area (TPSA) is 108 Å². The molecular formula is C25H28N6O2. The van der Waals surface area contributed by atoms with Crippen LogP contribution in [0.25, 0.3) is 5.69 Å². The van der Waals surface area contributed by atoms with Crippen LogP contribution in [0.4, 0.5) is 5.69 Å². The van der Waals surface area contributed by atoms with Gasteiger partial charge in [0, 0.05) is 18.7 Å². The van der Waals surface area contributed by atoms with Crippen LogP contribution >= 0.6 is 0 Å². The number of nitrogens with zero attached hydrogens (tertiary/aromatic N) is 4. The smallest absolute Gasteiger partial charge is 0.269 e. The number of anilines is 1. The van der Waals surface area contributed by atoms with E-state index in [2.05, 4.69) is 10.4 Å². The second kappa shape index (κ2) is 7.30. The Morgan fingerprint density at radius 1 is 1.06 bits per heavy atom. The summed E-state index contributed by atoms with van der Waals surface area (Å²) < 4.78 is 3.20. The van der Waals surface area contributed by atoms with E-state index in [1.807, 2.05) is 41.2 Å². The van der Waals surface area contributed by atoms with Crippen LogP contribution in [0.15, 0.2) is 42.7 Å². The first kappa shape index (κ1) is 20.2. The normalized spacial score (nSPS) is 27.6. The number of benzene rings is 1. The molecule has 0 unspecified atom stereocenters. The minimum absolute atomic E-state index is 0.0527. The lowest BCUT2D eigenvalue weighted by Gasteiger charge is -2.56. The van der Waals surface area contributed by atoms with E-state index >= 15 is 0 Å². The fraction of sp³-hybridized carbons (Fsp3) is 0.440. The number of aryl methyl sites for hydroxylation is 1. The second-order valence-electron chi connectivity index (χ2n) is 10.2. The van der Waals surface area contributed by atoms with E-state index in [-0.39, 0.29) is 17.0 Å². The molecule has 4 bridgehead atoms. The maximum absolute atomic E-state index is 13.6. The number of nitrogens with two attached hydrogens (primary N) is 1. The lowest BCUT2D eigenvalue weighted by Crippen LogP contribution is -2.49. The summed E-state index contributed by atoms with van der Waals surface area (Å²) in [5.74, 6) is 1.28. The lowest BCUT2D eigenvalue weighted by molar-refractivity contribution is -0.00765. The maximum atomic E-state index is 13.6. The van der Waals surface area contributed by atoms with Crippen molar-refractivity contribution in [1.82, 2.24) is 19.6 Å². The van der Waals surface area contributed by atoms with Crippen LogP contribution in [0, 0.1) is 17.8 Å². The molecule has 1 aromatic carbocycles. The van der Waals surface area contributed by atoms with Crippen molar-refractivity contribution in [3.63, 3.8) is 0 Å². The summed E-state index contributed by atoms with van der Waals surface area (Å²) in [7, 11) is 1.63. The van der Waals surface area contributed by atoms with Gasteiger partial charge in [-0.25, -0.2) is 4.68 Å². The van der Waals surface area contributed by atoms with Crippen molar-refractivity contribution in [2.24, 2.45) is 30.5 Å². The number of rotatable bonds is 5. The van der Waals surface area contributed by atoms with Crippen LogP contribution in [0.1, 0.15) is 65.1 Å². The molecule has 4 aliphatic carbocycles. The monoisotopic (exact) mass is 444 g/mol. The van der Waals surface area contributed by atoms with Crippen LogP contribution in [-0.4, -0.2) is 31.4 Å². The van der Waals surface area contributed by atoms with Gasteiger partial charge in [0.25, 0.3) is 11.8 Å². The highest BCUT2D eigenvalue weighted by Crippen LogP contribution is 2.60. The van der Waals surface area contributed by atoms with Crippen molar-refractivity contribution in [3.05, 3.63) is 59.7 Å². The summed E-state index contributed by atoms with van der Waals surface area (Å²) in [5.41, 5.74) is 8.34. The van der Waals surface area contributed by atoms with E-state index in [0.717, 1.165) is 48.4 Å². The van der Waals surface area contributed by atoms with Crippen molar-refractivity contribution in [1.29, 1.82) is 0 Å². The highest BCUT2D eigenvalue weighted by molar-refractivity contribution is 6.08.